The number of nitrogens with two attached hydrogens (primary N) is 1. The van der Waals surface area contributed by atoms with Gasteiger partial charge in [-0.25, -0.2) is 0 Å². The monoisotopic (exact) mass is 229 g/mol. The lowest BCUT2D eigenvalue weighted by Gasteiger charge is -2.46. The molecule has 0 amide bonds. The van der Waals surface area contributed by atoms with Crippen LogP contribution in [0, 0.1) is 5.92 Å². The number of hydrazine groups is 1. The molecule has 1 aliphatic rings. The molecule has 1 fully saturated rings. The highest BCUT2D eigenvalue weighted by molar-refractivity contribution is 4.97. The minimum Gasteiger partial charge on any atom is -0.381 e. The largest absolute Gasteiger partial charge is 0.381 e. The summed E-state index contributed by atoms with van der Waals surface area (Å²) in [5.41, 5.74) is 3.16. The van der Waals surface area contributed by atoms with Gasteiger partial charge < -0.3 is 9.64 Å². The molecule has 96 valence electrons. The first kappa shape index (κ1) is 13.9. The fourth-order valence-electron chi connectivity index (χ4n) is 2.69. The van der Waals surface area contributed by atoms with Gasteiger partial charge in [-0.05, 0) is 46.2 Å². The molecule has 16 heavy (non-hydrogen) atoms. The Labute approximate surface area is 99.5 Å². The van der Waals surface area contributed by atoms with Gasteiger partial charge in [-0.2, -0.15) is 0 Å². The van der Waals surface area contributed by atoms with Crippen LogP contribution < -0.4 is 11.3 Å². The summed E-state index contributed by atoms with van der Waals surface area (Å²) >= 11 is 0. The molecular formula is C12H27N3O. The average Bonchev–Trinajstić information content (AvgIpc) is 2.30. The van der Waals surface area contributed by atoms with Gasteiger partial charge >= 0.3 is 0 Å². The van der Waals surface area contributed by atoms with Crippen LogP contribution in [0.2, 0.25) is 0 Å². The molecule has 0 aromatic carbocycles. The van der Waals surface area contributed by atoms with Crippen molar-refractivity contribution in [2.45, 2.75) is 44.7 Å². The van der Waals surface area contributed by atoms with Crippen LogP contribution in [0.15, 0.2) is 0 Å². The van der Waals surface area contributed by atoms with Crippen molar-refractivity contribution in [3.63, 3.8) is 0 Å². The van der Waals surface area contributed by atoms with E-state index in [-0.39, 0.29) is 5.54 Å². The van der Waals surface area contributed by atoms with Gasteiger partial charge in [0.15, 0.2) is 0 Å². The zero-order chi connectivity index (χ0) is 12.2. The Morgan fingerprint density at radius 2 is 2.00 bits per heavy atom. The fraction of sp³-hybridized carbons (Fsp3) is 1.00. The SMILES string of the molecule is CCC(C)(C(NN)C1CCOCC1)N(C)C. The summed E-state index contributed by atoms with van der Waals surface area (Å²) in [4.78, 5) is 2.28. The van der Waals surface area contributed by atoms with Crippen LogP contribution in [0.1, 0.15) is 33.1 Å². The Kier molecular flexibility index (Phi) is 5.18. The van der Waals surface area contributed by atoms with Crippen LogP contribution >= 0.6 is 0 Å². The maximum Gasteiger partial charge on any atom is 0.0469 e. The molecule has 0 spiro atoms. The molecule has 0 aromatic rings. The Bertz CT molecular complexity index is 204. The Morgan fingerprint density at radius 3 is 2.38 bits per heavy atom. The van der Waals surface area contributed by atoms with Crippen LogP contribution in [0.5, 0.6) is 0 Å². The third-order valence-corrected chi connectivity index (χ3v) is 4.32. The van der Waals surface area contributed by atoms with Crippen LogP contribution in [0.25, 0.3) is 0 Å². The van der Waals surface area contributed by atoms with E-state index in [1.54, 1.807) is 0 Å². The standard InChI is InChI=1S/C12H27N3O/c1-5-12(2,15(3)4)11(14-13)10-6-8-16-9-7-10/h10-11,14H,5-9,13H2,1-4H3. The lowest BCUT2D eigenvalue weighted by atomic mass is 9.77. The fourth-order valence-corrected chi connectivity index (χ4v) is 2.69. The molecule has 1 rings (SSSR count). The van der Waals surface area contributed by atoms with Crippen molar-refractivity contribution < 1.29 is 4.74 Å². The highest BCUT2D eigenvalue weighted by atomic mass is 16.5. The van der Waals surface area contributed by atoms with E-state index in [2.05, 4.69) is 38.3 Å². The second kappa shape index (κ2) is 5.96. The van der Waals surface area contributed by atoms with Crippen molar-refractivity contribution in [2.75, 3.05) is 27.3 Å². The second-order valence-corrected chi connectivity index (χ2v) is 5.20. The zero-order valence-corrected chi connectivity index (χ0v) is 11.1. The third kappa shape index (κ3) is 2.74. The lowest BCUT2D eigenvalue weighted by molar-refractivity contribution is 0.0128. The van der Waals surface area contributed by atoms with Crippen molar-refractivity contribution in [1.29, 1.82) is 0 Å². The van der Waals surface area contributed by atoms with Gasteiger partial charge in [-0.15, -0.1) is 0 Å². The molecular weight excluding hydrogens is 202 g/mol. The first-order valence-electron chi connectivity index (χ1n) is 6.27. The molecule has 3 N–H and O–H groups in total. The minimum absolute atomic E-state index is 0.108. The van der Waals surface area contributed by atoms with Gasteiger partial charge in [0.2, 0.25) is 0 Å². The van der Waals surface area contributed by atoms with Crippen LogP contribution in [0.4, 0.5) is 0 Å². The number of nitrogens with one attached hydrogen (secondary N) is 1. The highest BCUT2D eigenvalue weighted by Crippen LogP contribution is 2.30. The third-order valence-electron chi connectivity index (χ3n) is 4.32. The van der Waals surface area contributed by atoms with Crippen molar-refractivity contribution in [2.24, 2.45) is 11.8 Å². The second-order valence-electron chi connectivity index (χ2n) is 5.20. The number of hydrogen-bond acceptors (Lipinski definition) is 4. The zero-order valence-electron chi connectivity index (χ0n) is 11.1. The molecule has 0 aromatic heterocycles. The van der Waals surface area contributed by atoms with Gasteiger partial charge in [-0.1, -0.05) is 6.92 Å². The van der Waals surface area contributed by atoms with E-state index in [1.165, 1.54) is 0 Å². The summed E-state index contributed by atoms with van der Waals surface area (Å²) in [7, 11) is 4.26. The number of rotatable bonds is 5. The van der Waals surface area contributed by atoms with Gasteiger partial charge in [0.1, 0.15) is 0 Å². The highest BCUT2D eigenvalue weighted by Gasteiger charge is 2.39. The maximum atomic E-state index is 5.79. The van der Waals surface area contributed by atoms with Gasteiger partial charge in [0.25, 0.3) is 0 Å². The van der Waals surface area contributed by atoms with E-state index in [0.717, 1.165) is 32.5 Å². The van der Waals surface area contributed by atoms with E-state index in [9.17, 15) is 0 Å². The van der Waals surface area contributed by atoms with Crippen molar-refractivity contribution in [1.82, 2.24) is 10.3 Å². The summed E-state index contributed by atoms with van der Waals surface area (Å²) in [5, 5.41) is 0. The minimum atomic E-state index is 0.108. The molecule has 1 heterocycles. The molecule has 4 heteroatoms. The molecule has 0 bridgehead atoms. The molecule has 2 unspecified atom stereocenters. The van der Waals surface area contributed by atoms with E-state index < -0.39 is 0 Å². The predicted octanol–water partition coefficient (Wildman–Crippen LogP) is 0.975. The van der Waals surface area contributed by atoms with E-state index >= 15 is 0 Å². The number of hydrogen-bond donors (Lipinski definition) is 2. The summed E-state index contributed by atoms with van der Waals surface area (Å²) in [5.74, 6) is 6.40. The van der Waals surface area contributed by atoms with E-state index in [0.29, 0.717) is 12.0 Å². The molecule has 0 aliphatic carbocycles. The van der Waals surface area contributed by atoms with Gasteiger partial charge in [0.05, 0.1) is 0 Å². The summed E-state index contributed by atoms with van der Waals surface area (Å²) in [6.07, 6.45) is 3.31. The Morgan fingerprint density at radius 1 is 1.44 bits per heavy atom. The first-order valence-corrected chi connectivity index (χ1v) is 6.27. The van der Waals surface area contributed by atoms with Gasteiger partial charge in [0, 0.05) is 24.8 Å². The predicted molar refractivity (Wildman–Crippen MR) is 67.0 cm³/mol. The first-order chi connectivity index (χ1) is 7.56. The van der Waals surface area contributed by atoms with E-state index in [4.69, 9.17) is 10.6 Å². The molecule has 0 saturated carbocycles. The number of nitrogens with zero attached hydrogens (tertiary/aromatic N) is 1. The van der Waals surface area contributed by atoms with E-state index in [1.807, 2.05) is 0 Å². The Hall–Kier alpha value is -0.160. The normalized spacial score (nSPS) is 24.4. The van der Waals surface area contributed by atoms with Crippen molar-refractivity contribution >= 4 is 0 Å². The average molecular weight is 229 g/mol. The molecule has 2 atom stereocenters. The quantitative estimate of drug-likeness (QED) is 0.545. The molecule has 4 nitrogen and oxygen atoms in total. The van der Waals surface area contributed by atoms with Gasteiger partial charge in [-0.3, -0.25) is 11.3 Å². The smallest absolute Gasteiger partial charge is 0.0469 e. The summed E-state index contributed by atoms with van der Waals surface area (Å²) < 4.78 is 5.42. The van der Waals surface area contributed by atoms with Crippen LogP contribution in [0.3, 0.4) is 0 Å². The molecule has 1 aliphatic heterocycles. The summed E-state index contributed by atoms with van der Waals surface area (Å²) in [6.45, 7) is 6.25. The topological polar surface area (TPSA) is 50.5 Å². The number of likely N-dealkylation sites (N-methyl/N-ethyl adjacent to an activating group) is 1. The summed E-state index contributed by atoms with van der Waals surface area (Å²) in [6, 6.07) is 0.330. The maximum absolute atomic E-state index is 5.79. The Balaban J connectivity index is 2.77. The molecule has 1 saturated heterocycles. The van der Waals surface area contributed by atoms with Crippen LogP contribution in [-0.2, 0) is 4.74 Å². The van der Waals surface area contributed by atoms with Crippen molar-refractivity contribution in [3.8, 4) is 0 Å². The lowest BCUT2D eigenvalue weighted by Crippen LogP contribution is -2.62. The molecule has 0 radical (unpaired) electrons. The number of ether oxygens (including phenoxy) is 1. The van der Waals surface area contributed by atoms with Crippen molar-refractivity contribution in [3.05, 3.63) is 0 Å². The van der Waals surface area contributed by atoms with Crippen LogP contribution in [-0.4, -0.2) is 43.8 Å².